The van der Waals surface area contributed by atoms with Gasteiger partial charge in [-0.1, -0.05) is 34.1 Å². The maximum Gasteiger partial charge on any atom is 0.343 e. The van der Waals surface area contributed by atoms with Crippen molar-refractivity contribution in [1.29, 1.82) is 0 Å². The molecule has 0 saturated carbocycles. The molecule has 0 aliphatic rings. The third-order valence-electron chi connectivity index (χ3n) is 3.91. The predicted molar refractivity (Wildman–Crippen MR) is 114 cm³/mol. The molecule has 0 unspecified atom stereocenters. The number of carbonyl (C=O) groups is 2. The molecule has 1 N–H and O–H groups in total. The van der Waals surface area contributed by atoms with Gasteiger partial charge < -0.3 is 9.47 Å². The highest BCUT2D eigenvalue weighted by molar-refractivity contribution is 9.10. The number of ether oxygens (including phenoxy) is 2. The van der Waals surface area contributed by atoms with Gasteiger partial charge in [-0.25, -0.2) is 10.2 Å². The van der Waals surface area contributed by atoms with Gasteiger partial charge >= 0.3 is 5.97 Å². The first-order valence-electron chi connectivity index (χ1n) is 8.61. The molecular formula is C22H17BrN2O4. The molecule has 29 heavy (non-hydrogen) atoms. The lowest BCUT2D eigenvalue weighted by Gasteiger charge is -2.08. The Morgan fingerprint density at radius 2 is 1.69 bits per heavy atom. The Hall–Kier alpha value is -3.45. The van der Waals surface area contributed by atoms with Gasteiger partial charge in [-0.2, -0.15) is 5.10 Å². The molecule has 0 aliphatic carbocycles. The average molecular weight is 453 g/mol. The fraction of sp³-hybridized carbons (Fsp3) is 0.0455. The van der Waals surface area contributed by atoms with Crippen LogP contribution in [0.1, 0.15) is 26.3 Å². The molecule has 7 heteroatoms. The summed E-state index contributed by atoms with van der Waals surface area (Å²) in [5.41, 5.74) is 3.85. The van der Waals surface area contributed by atoms with Gasteiger partial charge in [-0.05, 0) is 54.6 Å². The number of methoxy groups -OCH3 is 1. The molecule has 3 aromatic rings. The lowest BCUT2D eigenvalue weighted by atomic mass is 10.2. The standard InChI is InChI=1S/C22H17BrN2O4/c1-28-19-10-7-16(8-11-19)22(27)29-20-12-9-18(23)13-17(20)14-24-25-21(26)15-5-3-2-4-6-15/h2-14H,1H3,(H,25,26). The van der Waals surface area contributed by atoms with E-state index in [-0.39, 0.29) is 5.91 Å². The van der Waals surface area contributed by atoms with Gasteiger partial charge in [-0.3, -0.25) is 4.79 Å². The molecule has 0 fully saturated rings. The zero-order valence-corrected chi connectivity index (χ0v) is 17.0. The van der Waals surface area contributed by atoms with E-state index in [2.05, 4.69) is 26.5 Å². The van der Waals surface area contributed by atoms with Crippen molar-refractivity contribution >= 4 is 34.0 Å². The van der Waals surface area contributed by atoms with Crippen molar-refractivity contribution in [3.63, 3.8) is 0 Å². The molecule has 0 bridgehead atoms. The van der Waals surface area contributed by atoms with Crippen LogP contribution in [0.4, 0.5) is 0 Å². The van der Waals surface area contributed by atoms with Crippen LogP contribution < -0.4 is 14.9 Å². The van der Waals surface area contributed by atoms with Crippen LogP contribution in [-0.2, 0) is 0 Å². The molecule has 0 aromatic heterocycles. The van der Waals surface area contributed by atoms with Crippen molar-refractivity contribution in [2.24, 2.45) is 5.10 Å². The van der Waals surface area contributed by atoms with E-state index in [0.29, 0.717) is 28.2 Å². The van der Waals surface area contributed by atoms with Crippen LogP contribution in [0.5, 0.6) is 11.5 Å². The van der Waals surface area contributed by atoms with Crippen molar-refractivity contribution < 1.29 is 19.1 Å². The highest BCUT2D eigenvalue weighted by atomic mass is 79.9. The number of rotatable bonds is 6. The highest BCUT2D eigenvalue weighted by Gasteiger charge is 2.12. The van der Waals surface area contributed by atoms with Crippen LogP contribution in [0.3, 0.4) is 0 Å². The van der Waals surface area contributed by atoms with E-state index < -0.39 is 5.97 Å². The Morgan fingerprint density at radius 3 is 2.38 bits per heavy atom. The number of hydrogen-bond donors (Lipinski definition) is 1. The normalized spacial score (nSPS) is 10.6. The molecule has 6 nitrogen and oxygen atoms in total. The van der Waals surface area contributed by atoms with E-state index in [1.54, 1.807) is 73.8 Å². The third kappa shape index (κ3) is 5.52. The van der Waals surface area contributed by atoms with Gasteiger partial charge in [0.1, 0.15) is 11.5 Å². The zero-order valence-electron chi connectivity index (χ0n) is 15.5. The molecule has 0 aliphatic heterocycles. The first-order valence-corrected chi connectivity index (χ1v) is 9.40. The van der Waals surface area contributed by atoms with E-state index >= 15 is 0 Å². The Morgan fingerprint density at radius 1 is 0.966 bits per heavy atom. The number of amides is 1. The first kappa shape index (κ1) is 20.3. The summed E-state index contributed by atoms with van der Waals surface area (Å²) in [6.07, 6.45) is 1.42. The molecule has 3 rings (SSSR count). The van der Waals surface area contributed by atoms with Crippen molar-refractivity contribution in [3.05, 3.63) is 94.0 Å². The van der Waals surface area contributed by atoms with E-state index in [0.717, 1.165) is 4.47 Å². The van der Waals surface area contributed by atoms with Crippen molar-refractivity contribution in [1.82, 2.24) is 5.43 Å². The summed E-state index contributed by atoms with van der Waals surface area (Å²) in [5, 5.41) is 3.97. The minimum atomic E-state index is -0.516. The number of halogens is 1. The second kappa shape index (κ2) is 9.66. The van der Waals surface area contributed by atoms with Crippen LogP contribution in [0.15, 0.2) is 82.4 Å². The molecule has 0 radical (unpaired) electrons. The molecule has 0 heterocycles. The number of nitrogens with one attached hydrogen (secondary N) is 1. The number of nitrogens with zero attached hydrogens (tertiary/aromatic N) is 1. The monoisotopic (exact) mass is 452 g/mol. The topological polar surface area (TPSA) is 77.0 Å². The summed E-state index contributed by atoms with van der Waals surface area (Å²) in [6, 6.07) is 20.5. The van der Waals surface area contributed by atoms with Crippen LogP contribution in [0.2, 0.25) is 0 Å². The number of esters is 1. The van der Waals surface area contributed by atoms with Crippen LogP contribution in [0.25, 0.3) is 0 Å². The molecule has 0 spiro atoms. The van der Waals surface area contributed by atoms with Crippen LogP contribution >= 0.6 is 15.9 Å². The first-order chi connectivity index (χ1) is 14.1. The fourth-order valence-corrected chi connectivity index (χ4v) is 2.79. The molecule has 0 atom stereocenters. The molecule has 0 saturated heterocycles. The smallest absolute Gasteiger partial charge is 0.343 e. The lowest BCUT2D eigenvalue weighted by molar-refractivity contribution is 0.0734. The summed E-state index contributed by atoms with van der Waals surface area (Å²) >= 11 is 3.38. The second-order valence-corrected chi connectivity index (χ2v) is 6.78. The number of hydrazone groups is 1. The zero-order chi connectivity index (χ0) is 20.6. The Balaban J connectivity index is 1.73. The quantitative estimate of drug-likeness (QED) is 0.259. The van der Waals surface area contributed by atoms with Gasteiger partial charge in [0, 0.05) is 15.6 Å². The molecule has 146 valence electrons. The lowest BCUT2D eigenvalue weighted by Crippen LogP contribution is -2.17. The van der Waals surface area contributed by atoms with E-state index in [4.69, 9.17) is 9.47 Å². The number of hydrogen-bond acceptors (Lipinski definition) is 5. The van der Waals surface area contributed by atoms with Crippen molar-refractivity contribution in [2.45, 2.75) is 0 Å². The molecule has 1 amide bonds. The van der Waals surface area contributed by atoms with E-state index in [1.807, 2.05) is 6.07 Å². The van der Waals surface area contributed by atoms with E-state index in [9.17, 15) is 9.59 Å². The largest absolute Gasteiger partial charge is 0.497 e. The van der Waals surface area contributed by atoms with Crippen LogP contribution in [-0.4, -0.2) is 25.2 Å². The summed E-state index contributed by atoms with van der Waals surface area (Å²) in [7, 11) is 1.55. The average Bonchev–Trinajstić information content (AvgIpc) is 2.76. The number of carbonyl (C=O) groups excluding carboxylic acids is 2. The maximum absolute atomic E-state index is 12.4. The summed E-state index contributed by atoms with van der Waals surface area (Å²) in [4.78, 5) is 24.5. The summed E-state index contributed by atoms with van der Waals surface area (Å²) < 4.78 is 11.4. The van der Waals surface area contributed by atoms with Gasteiger partial charge in [0.05, 0.1) is 18.9 Å². The SMILES string of the molecule is COc1ccc(C(=O)Oc2ccc(Br)cc2C=NNC(=O)c2ccccc2)cc1. The minimum absolute atomic E-state index is 0.312. The molecule has 3 aromatic carbocycles. The molecular weight excluding hydrogens is 436 g/mol. The third-order valence-corrected chi connectivity index (χ3v) is 4.40. The maximum atomic E-state index is 12.4. The van der Waals surface area contributed by atoms with Gasteiger partial charge in [0.15, 0.2) is 0 Å². The van der Waals surface area contributed by atoms with Crippen LogP contribution in [0, 0.1) is 0 Å². The number of benzene rings is 3. The highest BCUT2D eigenvalue weighted by Crippen LogP contribution is 2.23. The minimum Gasteiger partial charge on any atom is -0.497 e. The van der Waals surface area contributed by atoms with Gasteiger partial charge in [0.25, 0.3) is 5.91 Å². The summed E-state index contributed by atoms with van der Waals surface area (Å²) in [6.45, 7) is 0. The van der Waals surface area contributed by atoms with E-state index in [1.165, 1.54) is 6.21 Å². The van der Waals surface area contributed by atoms with Crippen molar-refractivity contribution in [3.8, 4) is 11.5 Å². The Bertz CT molecular complexity index is 1030. The fourth-order valence-electron chi connectivity index (χ4n) is 2.41. The Kier molecular flexibility index (Phi) is 6.76. The Labute approximate surface area is 176 Å². The second-order valence-electron chi connectivity index (χ2n) is 5.87. The summed E-state index contributed by atoms with van der Waals surface area (Å²) in [5.74, 6) is 0.102. The van der Waals surface area contributed by atoms with Gasteiger partial charge in [-0.15, -0.1) is 0 Å². The van der Waals surface area contributed by atoms with Crippen molar-refractivity contribution in [2.75, 3.05) is 7.11 Å². The van der Waals surface area contributed by atoms with Gasteiger partial charge in [0.2, 0.25) is 0 Å². The predicted octanol–water partition coefficient (Wildman–Crippen LogP) is 4.44.